The molecule has 0 radical (unpaired) electrons. The van der Waals surface area contributed by atoms with Gasteiger partial charge in [-0.25, -0.2) is 0 Å². The summed E-state index contributed by atoms with van der Waals surface area (Å²) in [5.41, 5.74) is 3.20. The van der Waals surface area contributed by atoms with E-state index in [1.54, 1.807) is 12.1 Å². The number of carbonyl (C=O) groups excluding carboxylic acids is 2. The van der Waals surface area contributed by atoms with Crippen LogP contribution in [-0.4, -0.2) is 45.7 Å². The summed E-state index contributed by atoms with van der Waals surface area (Å²) in [6.07, 6.45) is 6.18. The van der Waals surface area contributed by atoms with Crippen LogP contribution in [0.2, 0.25) is 5.02 Å². The Hall–Kier alpha value is -3.19. The van der Waals surface area contributed by atoms with E-state index >= 15 is 0 Å². The molecule has 8 heteroatoms. The number of benzene rings is 2. The van der Waals surface area contributed by atoms with E-state index in [-0.39, 0.29) is 36.2 Å². The van der Waals surface area contributed by atoms with Crippen molar-refractivity contribution in [2.75, 3.05) is 6.54 Å². The molecule has 2 N–H and O–H groups in total. The molecular formula is C34H44ClN3O4. The van der Waals surface area contributed by atoms with E-state index in [4.69, 9.17) is 21.7 Å². The molecule has 1 saturated carbocycles. The van der Waals surface area contributed by atoms with Crippen molar-refractivity contribution in [3.05, 3.63) is 69.7 Å². The SMILES string of the molecule is CCCCC(c1ccc(C(=O)NCCC(=O)O)cc1)N1C(=O)C(c2cc(C)cc(Cl)c2)=NC12CCC(C(C)(C)C)CC2. The number of aliphatic carboxylic acids is 1. The second-order valence-corrected chi connectivity index (χ2v) is 13.4. The van der Waals surface area contributed by atoms with E-state index in [1.807, 2.05) is 37.3 Å². The highest BCUT2D eigenvalue weighted by Crippen LogP contribution is 2.50. The molecule has 2 amide bonds. The summed E-state index contributed by atoms with van der Waals surface area (Å²) >= 11 is 6.43. The van der Waals surface area contributed by atoms with Gasteiger partial charge in [-0.1, -0.05) is 64.3 Å². The van der Waals surface area contributed by atoms with Crippen LogP contribution in [0.5, 0.6) is 0 Å². The Morgan fingerprint density at radius 3 is 2.38 bits per heavy atom. The lowest BCUT2D eigenvalue weighted by molar-refractivity contribution is -0.137. The number of aryl methyl sites for hydroxylation is 1. The maximum Gasteiger partial charge on any atom is 0.305 e. The molecule has 0 saturated heterocycles. The van der Waals surface area contributed by atoms with Crippen LogP contribution in [0.15, 0.2) is 47.5 Å². The van der Waals surface area contributed by atoms with Gasteiger partial charge in [0.2, 0.25) is 0 Å². The first-order chi connectivity index (χ1) is 19.8. The number of rotatable bonds is 10. The van der Waals surface area contributed by atoms with Crippen LogP contribution in [0.3, 0.4) is 0 Å². The van der Waals surface area contributed by atoms with Crippen molar-refractivity contribution < 1.29 is 19.5 Å². The maximum atomic E-state index is 14.4. The molecule has 1 heterocycles. The number of carbonyl (C=O) groups is 3. The zero-order valence-corrected chi connectivity index (χ0v) is 26.3. The molecule has 7 nitrogen and oxygen atoms in total. The van der Waals surface area contributed by atoms with Crippen molar-refractivity contribution in [1.29, 1.82) is 0 Å². The minimum Gasteiger partial charge on any atom is -0.481 e. The summed E-state index contributed by atoms with van der Waals surface area (Å²) in [5, 5.41) is 12.1. The Morgan fingerprint density at radius 1 is 1.14 bits per heavy atom. The molecular weight excluding hydrogens is 550 g/mol. The number of nitrogens with one attached hydrogen (secondary N) is 1. The third kappa shape index (κ3) is 7.05. The Labute approximate surface area is 254 Å². The number of hydrogen-bond donors (Lipinski definition) is 2. The van der Waals surface area contributed by atoms with Gasteiger partial charge in [0.25, 0.3) is 11.8 Å². The fraction of sp³-hybridized carbons (Fsp3) is 0.529. The number of hydrogen-bond acceptors (Lipinski definition) is 4. The standard InChI is InChI=1S/C34H44ClN3O4/c1-6-7-8-28(23-9-11-24(12-10-23)31(41)36-18-15-29(39)40)38-32(42)30(25-19-22(2)20-27(35)21-25)37-34(38)16-13-26(14-17-34)33(3,4)5/h9-12,19-21,26,28H,6-8,13-18H2,1-5H3,(H,36,41)(H,39,40). The fourth-order valence-electron chi connectivity index (χ4n) is 6.49. The van der Waals surface area contributed by atoms with Crippen molar-refractivity contribution in [2.24, 2.45) is 16.3 Å². The second-order valence-electron chi connectivity index (χ2n) is 13.0. The number of unbranched alkanes of at least 4 members (excludes halogenated alkanes) is 1. The van der Waals surface area contributed by atoms with E-state index in [0.29, 0.717) is 22.2 Å². The van der Waals surface area contributed by atoms with Gasteiger partial charge in [0, 0.05) is 22.7 Å². The van der Waals surface area contributed by atoms with Gasteiger partial charge in [-0.3, -0.25) is 19.4 Å². The van der Waals surface area contributed by atoms with Crippen molar-refractivity contribution in [3.8, 4) is 0 Å². The summed E-state index contributed by atoms with van der Waals surface area (Å²) in [6.45, 7) is 11.1. The molecule has 42 heavy (non-hydrogen) atoms. The molecule has 226 valence electrons. The molecule has 2 aromatic carbocycles. The van der Waals surface area contributed by atoms with E-state index in [1.165, 1.54) is 0 Å². The highest BCUT2D eigenvalue weighted by atomic mass is 35.5. The first kappa shape index (κ1) is 31.7. The monoisotopic (exact) mass is 593 g/mol. The molecule has 2 aliphatic rings. The summed E-state index contributed by atoms with van der Waals surface area (Å²) in [7, 11) is 0. The van der Waals surface area contributed by atoms with Gasteiger partial charge in [0.05, 0.1) is 12.5 Å². The summed E-state index contributed by atoms with van der Waals surface area (Å²) in [4.78, 5) is 45.2. The first-order valence-electron chi connectivity index (χ1n) is 15.2. The van der Waals surface area contributed by atoms with E-state index in [9.17, 15) is 14.4 Å². The predicted molar refractivity (Wildman–Crippen MR) is 167 cm³/mol. The Kier molecular flexibility index (Phi) is 9.81. The number of aliphatic imine (C=N–C) groups is 1. The number of amides is 2. The van der Waals surface area contributed by atoms with Crippen molar-refractivity contribution in [1.82, 2.24) is 10.2 Å². The topological polar surface area (TPSA) is 99.1 Å². The third-order valence-electron chi connectivity index (χ3n) is 8.84. The van der Waals surface area contributed by atoms with Crippen molar-refractivity contribution >= 4 is 35.1 Å². The molecule has 1 spiro atoms. The number of carboxylic acid groups (broad SMARTS) is 1. The van der Waals surface area contributed by atoms with Gasteiger partial charge in [-0.05, 0) is 91.8 Å². The van der Waals surface area contributed by atoms with Crippen molar-refractivity contribution in [2.45, 2.75) is 97.7 Å². The zero-order chi connectivity index (χ0) is 30.7. The van der Waals surface area contributed by atoms with Gasteiger partial charge in [-0.2, -0.15) is 0 Å². The molecule has 1 unspecified atom stereocenters. The number of carboxylic acids is 1. The smallest absolute Gasteiger partial charge is 0.305 e. The average Bonchev–Trinajstić information content (AvgIpc) is 3.19. The predicted octanol–water partition coefficient (Wildman–Crippen LogP) is 7.35. The van der Waals surface area contributed by atoms with Crippen LogP contribution >= 0.6 is 11.6 Å². The lowest BCUT2D eigenvalue weighted by Crippen LogP contribution is -2.51. The lowest BCUT2D eigenvalue weighted by atomic mass is 9.69. The van der Waals surface area contributed by atoms with Gasteiger partial charge >= 0.3 is 5.97 Å². The van der Waals surface area contributed by atoms with Crippen molar-refractivity contribution in [3.63, 3.8) is 0 Å². The van der Waals surface area contributed by atoms with Gasteiger partial charge < -0.3 is 15.3 Å². The molecule has 2 aromatic rings. The van der Waals surface area contributed by atoms with Gasteiger partial charge in [0.15, 0.2) is 0 Å². The molecule has 4 rings (SSSR count). The average molecular weight is 594 g/mol. The minimum atomic E-state index is -0.959. The lowest BCUT2D eigenvalue weighted by Gasteiger charge is -2.47. The fourth-order valence-corrected chi connectivity index (χ4v) is 6.78. The van der Waals surface area contributed by atoms with Crippen LogP contribution < -0.4 is 5.32 Å². The van der Waals surface area contributed by atoms with Crippen LogP contribution in [0, 0.1) is 18.3 Å². The minimum absolute atomic E-state index is 0.0672. The summed E-state index contributed by atoms with van der Waals surface area (Å²) in [6, 6.07) is 12.9. The number of nitrogens with zero attached hydrogens (tertiary/aromatic N) is 2. The molecule has 1 fully saturated rings. The molecule has 0 bridgehead atoms. The summed E-state index contributed by atoms with van der Waals surface area (Å²) in [5.74, 6) is -0.785. The second kappa shape index (κ2) is 13.0. The highest BCUT2D eigenvalue weighted by Gasteiger charge is 2.52. The zero-order valence-electron chi connectivity index (χ0n) is 25.5. The molecule has 1 aliphatic heterocycles. The van der Waals surface area contributed by atoms with Crippen LogP contribution in [0.4, 0.5) is 0 Å². The normalized spacial score (nSPS) is 21.4. The van der Waals surface area contributed by atoms with Gasteiger partial charge in [-0.15, -0.1) is 0 Å². The third-order valence-corrected chi connectivity index (χ3v) is 9.06. The highest BCUT2D eigenvalue weighted by molar-refractivity contribution is 6.47. The molecule has 1 atom stereocenters. The van der Waals surface area contributed by atoms with Crippen LogP contribution in [0.1, 0.15) is 112 Å². The van der Waals surface area contributed by atoms with Crippen LogP contribution in [0.25, 0.3) is 0 Å². The Bertz CT molecular complexity index is 1320. The largest absolute Gasteiger partial charge is 0.481 e. The van der Waals surface area contributed by atoms with E-state index in [0.717, 1.165) is 61.6 Å². The van der Waals surface area contributed by atoms with Gasteiger partial charge in [0.1, 0.15) is 11.4 Å². The summed E-state index contributed by atoms with van der Waals surface area (Å²) < 4.78 is 0. The van der Waals surface area contributed by atoms with E-state index in [2.05, 4.69) is 37.9 Å². The van der Waals surface area contributed by atoms with Crippen LogP contribution in [-0.2, 0) is 9.59 Å². The first-order valence-corrected chi connectivity index (χ1v) is 15.5. The quantitative estimate of drug-likeness (QED) is 0.301. The Morgan fingerprint density at radius 2 is 1.81 bits per heavy atom. The number of halogens is 1. The Balaban J connectivity index is 1.71. The maximum absolute atomic E-state index is 14.4. The molecule has 0 aromatic heterocycles. The molecule has 1 aliphatic carbocycles. The van der Waals surface area contributed by atoms with E-state index < -0.39 is 11.6 Å².